The van der Waals surface area contributed by atoms with Crippen molar-refractivity contribution in [3.8, 4) is 23.7 Å². The highest BCUT2D eigenvalue weighted by Gasteiger charge is 2.63. The Bertz CT molecular complexity index is 1490. The van der Waals surface area contributed by atoms with E-state index in [9.17, 15) is 0 Å². The van der Waals surface area contributed by atoms with Gasteiger partial charge in [-0.15, -0.1) is 0 Å². The molecule has 0 unspecified atom stereocenters. The molecular formula is C38H30. The first-order valence-electron chi connectivity index (χ1n) is 13.3. The van der Waals surface area contributed by atoms with Gasteiger partial charge in [-0.3, -0.25) is 0 Å². The van der Waals surface area contributed by atoms with Gasteiger partial charge in [0.1, 0.15) is 0 Å². The zero-order valence-corrected chi connectivity index (χ0v) is 21.9. The van der Waals surface area contributed by atoms with Crippen LogP contribution in [0.1, 0.15) is 47.9 Å². The summed E-state index contributed by atoms with van der Waals surface area (Å²) in [6, 6.07) is 42.3. The van der Waals surface area contributed by atoms with Crippen LogP contribution in [0.4, 0.5) is 0 Å². The summed E-state index contributed by atoms with van der Waals surface area (Å²) in [5.74, 6) is 14.6. The van der Waals surface area contributed by atoms with Gasteiger partial charge in [0.2, 0.25) is 0 Å². The number of fused-ring (bicyclic) bond motifs is 1. The van der Waals surface area contributed by atoms with E-state index in [0.717, 1.165) is 11.1 Å². The minimum absolute atomic E-state index is 0.166. The Kier molecular flexibility index (Phi) is 6.12. The molecule has 0 aromatic heterocycles. The molecule has 182 valence electrons. The van der Waals surface area contributed by atoms with Crippen molar-refractivity contribution in [2.24, 2.45) is 10.8 Å². The summed E-state index contributed by atoms with van der Waals surface area (Å²) in [6.45, 7) is 4.82. The van der Waals surface area contributed by atoms with Crippen molar-refractivity contribution >= 4 is 0 Å². The highest BCUT2D eigenvalue weighted by Crippen LogP contribution is 2.71. The van der Waals surface area contributed by atoms with E-state index in [4.69, 9.17) is 0 Å². The van der Waals surface area contributed by atoms with Gasteiger partial charge in [-0.1, -0.05) is 147 Å². The van der Waals surface area contributed by atoms with Gasteiger partial charge in [0.25, 0.3) is 0 Å². The van der Waals surface area contributed by atoms with Crippen molar-refractivity contribution in [2.75, 3.05) is 0 Å². The standard InChI is InChI=1S/C38H30/c1-37-33(25-23-29-15-7-3-8-16-29)27-36(32-21-13-6-14-22-32)38(37,2)34(26-24-30-17-9-4-10-18-30)28-35(37)31-19-11-5-12-20-31/h3-22,27-28,35-36H,1-2H3/t35-,36-,37-,38-/m0/s1. The molecule has 0 spiro atoms. The number of hydrogen-bond donors (Lipinski definition) is 0. The number of benzene rings is 4. The first kappa shape index (κ1) is 23.9. The van der Waals surface area contributed by atoms with Gasteiger partial charge in [-0.25, -0.2) is 0 Å². The molecule has 2 aliphatic rings. The number of rotatable bonds is 2. The molecule has 0 heterocycles. The summed E-state index contributed by atoms with van der Waals surface area (Å²) in [4.78, 5) is 0. The number of hydrogen-bond acceptors (Lipinski definition) is 0. The molecule has 0 saturated carbocycles. The third-order valence-electron chi connectivity index (χ3n) is 8.66. The highest BCUT2D eigenvalue weighted by atomic mass is 14.6. The molecule has 0 radical (unpaired) electrons. The Morgan fingerprint density at radius 1 is 0.421 bits per heavy atom. The second kappa shape index (κ2) is 9.74. The molecule has 0 saturated heterocycles. The van der Waals surface area contributed by atoms with E-state index in [1.807, 2.05) is 36.4 Å². The zero-order chi connectivity index (χ0) is 26.0. The van der Waals surface area contributed by atoms with Crippen LogP contribution in [0.5, 0.6) is 0 Å². The Labute approximate surface area is 226 Å². The minimum Gasteiger partial charge on any atom is -0.0658 e. The Balaban J connectivity index is 1.56. The monoisotopic (exact) mass is 486 g/mol. The molecule has 0 aliphatic heterocycles. The van der Waals surface area contributed by atoms with Crippen molar-refractivity contribution in [3.05, 3.63) is 167 Å². The Hall–Kier alpha value is -4.52. The third kappa shape index (κ3) is 3.91. The summed E-state index contributed by atoms with van der Waals surface area (Å²) in [6.07, 6.45) is 4.86. The van der Waals surface area contributed by atoms with Crippen LogP contribution >= 0.6 is 0 Å². The van der Waals surface area contributed by atoms with E-state index in [0.29, 0.717) is 0 Å². The molecule has 6 rings (SSSR count). The van der Waals surface area contributed by atoms with E-state index in [1.165, 1.54) is 22.3 Å². The fraction of sp³-hybridized carbons (Fsp3) is 0.158. The summed E-state index contributed by atoms with van der Waals surface area (Å²) in [5.41, 5.74) is 6.56. The molecule has 38 heavy (non-hydrogen) atoms. The predicted octanol–water partition coefficient (Wildman–Crippen LogP) is 8.55. The molecule has 4 aromatic rings. The van der Waals surface area contributed by atoms with Crippen LogP contribution in [0.2, 0.25) is 0 Å². The Morgan fingerprint density at radius 2 is 0.737 bits per heavy atom. The van der Waals surface area contributed by atoms with Gasteiger partial charge in [-0.05, 0) is 35.4 Å². The van der Waals surface area contributed by atoms with Crippen molar-refractivity contribution in [1.82, 2.24) is 0 Å². The largest absolute Gasteiger partial charge is 0.0658 e. The van der Waals surface area contributed by atoms with Crippen LogP contribution in [-0.4, -0.2) is 0 Å². The van der Waals surface area contributed by atoms with Gasteiger partial charge in [-0.2, -0.15) is 0 Å². The van der Waals surface area contributed by atoms with Crippen LogP contribution in [-0.2, 0) is 0 Å². The molecule has 4 aromatic carbocycles. The van der Waals surface area contributed by atoms with Crippen molar-refractivity contribution in [2.45, 2.75) is 25.7 Å². The van der Waals surface area contributed by atoms with Crippen LogP contribution < -0.4 is 0 Å². The molecule has 0 heteroatoms. The zero-order valence-electron chi connectivity index (χ0n) is 21.9. The average Bonchev–Trinajstić information content (AvgIpc) is 3.35. The summed E-state index contributed by atoms with van der Waals surface area (Å²) in [5, 5.41) is 0. The lowest BCUT2D eigenvalue weighted by Gasteiger charge is -2.44. The fourth-order valence-electron chi connectivity index (χ4n) is 6.40. The molecule has 0 fully saturated rings. The topological polar surface area (TPSA) is 0 Å². The van der Waals surface area contributed by atoms with E-state index in [1.54, 1.807) is 0 Å². The van der Waals surface area contributed by atoms with Crippen LogP contribution in [0.15, 0.2) is 145 Å². The SMILES string of the molecule is C[C@@]12C(C#Cc3ccccc3)=C[C@@H](c3ccccc3)[C@]1(C)C(C#Cc1ccccc1)=C[C@H]2c1ccccc1. The van der Waals surface area contributed by atoms with Gasteiger partial charge in [0.05, 0.1) is 0 Å². The third-order valence-corrected chi connectivity index (χ3v) is 8.66. The molecule has 0 bridgehead atoms. The van der Waals surface area contributed by atoms with Gasteiger partial charge in [0.15, 0.2) is 0 Å². The smallest absolute Gasteiger partial charge is 0.0248 e. The molecule has 0 nitrogen and oxygen atoms in total. The van der Waals surface area contributed by atoms with Gasteiger partial charge >= 0.3 is 0 Å². The average molecular weight is 487 g/mol. The number of allylic oxidation sites excluding steroid dienone is 4. The van der Waals surface area contributed by atoms with Crippen LogP contribution in [0, 0.1) is 34.5 Å². The molecule has 4 atom stereocenters. The molecular weight excluding hydrogens is 456 g/mol. The highest BCUT2D eigenvalue weighted by molar-refractivity contribution is 5.63. The van der Waals surface area contributed by atoms with E-state index < -0.39 is 0 Å². The van der Waals surface area contributed by atoms with Crippen molar-refractivity contribution < 1.29 is 0 Å². The molecule has 2 aliphatic carbocycles. The lowest BCUT2D eigenvalue weighted by Crippen LogP contribution is -2.39. The summed E-state index contributed by atoms with van der Waals surface area (Å²) >= 11 is 0. The predicted molar refractivity (Wildman–Crippen MR) is 157 cm³/mol. The quantitative estimate of drug-likeness (QED) is 0.249. The second-order valence-corrected chi connectivity index (χ2v) is 10.6. The fourth-order valence-corrected chi connectivity index (χ4v) is 6.40. The minimum atomic E-state index is -0.253. The van der Waals surface area contributed by atoms with Gasteiger partial charge in [0, 0.05) is 44.9 Å². The Morgan fingerprint density at radius 3 is 1.08 bits per heavy atom. The van der Waals surface area contributed by atoms with Crippen molar-refractivity contribution in [1.29, 1.82) is 0 Å². The summed E-state index contributed by atoms with van der Waals surface area (Å²) in [7, 11) is 0. The van der Waals surface area contributed by atoms with E-state index in [-0.39, 0.29) is 22.7 Å². The first-order valence-corrected chi connectivity index (χ1v) is 13.3. The lowest BCUT2D eigenvalue weighted by atomic mass is 9.56. The lowest BCUT2D eigenvalue weighted by molar-refractivity contribution is 0.172. The van der Waals surface area contributed by atoms with Crippen molar-refractivity contribution in [3.63, 3.8) is 0 Å². The maximum atomic E-state index is 3.66. The second-order valence-electron chi connectivity index (χ2n) is 10.6. The van der Waals surface area contributed by atoms with E-state index in [2.05, 4.69) is 135 Å². The summed E-state index contributed by atoms with van der Waals surface area (Å²) < 4.78 is 0. The maximum Gasteiger partial charge on any atom is 0.0248 e. The maximum absolute atomic E-state index is 3.66. The van der Waals surface area contributed by atoms with Gasteiger partial charge < -0.3 is 0 Å². The van der Waals surface area contributed by atoms with Crippen LogP contribution in [0.3, 0.4) is 0 Å². The normalized spacial score (nSPS) is 25.2. The first-order chi connectivity index (χ1) is 18.6. The van der Waals surface area contributed by atoms with Crippen LogP contribution in [0.25, 0.3) is 0 Å². The van der Waals surface area contributed by atoms with E-state index >= 15 is 0 Å². The molecule has 0 amide bonds. The molecule has 0 N–H and O–H groups in total.